The fraction of sp³-hybridized carbons (Fsp3) is 0.278. The van der Waals surface area contributed by atoms with E-state index < -0.39 is 0 Å². The van der Waals surface area contributed by atoms with Gasteiger partial charge < -0.3 is 10.1 Å². The zero-order valence-corrected chi connectivity index (χ0v) is 14.7. The number of ether oxygens (including phenoxy) is 1. The van der Waals surface area contributed by atoms with Gasteiger partial charge in [0.05, 0.1) is 4.47 Å². The molecule has 0 unspecified atom stereocenters. The Bertz CT molecular complexity index is 642. The van der Waals surface area contributed by atoms with Crippen LogP contribution in [0, 0.1) is 13.8 Å². The average Bonchev–Trinajstić information content (AvgIpc) is 2.47. The maximum Gasteiger partial charge on any atom is 0.262 e. The molecule has 2 aromatic rings. The molecule has 2 rings (SSSR count). The zero-order valence-electron chi connectivity index (χ0n) is 13.1. The number of carbonyl (C=O) groups excluding carboxylic acids is 1. The van der Waals surface area contributed by atoms with Gasteiger partial charge in [-0.3, -0.25) is 4.79 Å². The summed E-state index contributed by atoms with van der Waals surface area (Å²) in [5.41, 5.74) is 4.18. The quantitative estimate of drug-likeness (QED) is 0.841. The van der Waals surface area contributed by atoms with Crippen LogP contribution in [0.5, 0.6) is 5.75 Å². The number of nitrogens with one attached hydrogen (secondary N) is 1. The first kappa shape index (κ1) is 16.6. The van der Waals surface area contributed by atoms with Gasteiger partial charge in [-0.1, -0.05) is 25.1 Å². The van der Waals surface area contributed by atoms with E-state index in [-0.39, 0.29) is 12.5 Å². The summed E-state index contributed by atoms with van der Waals surface area (Å²) in [6.45, 7) is 6.07. The molecule has 0 radical (unpaired) electrons. The Labute approximate surface area is 139 Å². The molecule has 3 nitrogen and oxygen atoms in total. The molecule has 0 spiro atoms. The van der Waals surface area contributed by atoms with E-state index in [4.69, 9.17) is 4.74 Å². The van der Waals surface area contributed by atoms with Crippen molar-refractivity contribution in [3.05, 3.63) is 57.6 Å². The minimum atomic E-state index is -0.170. The van der Waals surface area contributed by atoms with Gasteiger partial charge in [-0.2, -0.15) is 0 Å². The van der Waals surface area contributed by atoms with Gasteiger partial charge in [0.15, 0.2) is 6.61 Å². The lowest BCUT2D eigenvalue weighted by Crippen LogP contribution is -2.20. The van der Waals surface area contributed by atoms with E-state index in [1.807, 2.05) is 50.2 Å². The van der Waals surface area contributed by atoms with Crippen molar-refractivity contribution in [1.82, 2.24) is 0 Å². The first-order chi connectivity index (χ1) is 10.5. The van der Waals surface area contributed by atoms with Gasteiger partial charge in [-0.15, -0.1) is 0 Å². The highest BCUT2D eigenvalue weighted by atomic mass is 79.9. The highest BCUT2D eigenvalue weighted by Crippen LogP contribution is 2.30. The second-order valence-electron chi connectivity index (χ2n) is 5.28. The lowest BCUT2D eigenvalue weighted by Gasteiger charge is -2.12. The predicted octanol–water partition coefficient (Wildman–Crippen LogP) is 4.65. The van der Waals surface area contributed by atoms with Crippen LogP contribution in [0.25, 0.3) is 0 Å². The Balaban J connectivity index is 1.95. The fourth-order valence-corrected chi connectivity index (χ4v) is 3.03. The molecule has 1 amide bonds. The Kier molecular flexibility index (Phi) is 5.61. The first-order valence-corrected chi connectivity index (χ1v) is 8.07. The molecule has 0 aliphatic rings. The molecule has 0 aliphatic carbocycles. The molecule has 2 aromatic carbocycles. The van der Waals surface area contributed by atoms with Gasteiger partial charge in [-0.25, -0.2) is 0 Å². The summed E-state index contributed by atoms with van der Waals surface area (Å²) in [4.78, 5) is 12.0. The third-order valence-corrected chi connectivity index (χ3v) is 3.96. The second-order valence-corrected chi connectivity index (χ2v) is 6.13. The number of carbonyl (C=O) groups is 1. The van der Waals surface area contributed by atoms with Crippen LogP contribution in [0.3, 0.4) is 0 Å². The Morgan fingerprint density at radius 3 is 2.45 bits per heavy atom. The number of hydrogen-bond donors (Lipinski definition) is 1. The zero-order chi connectivity index (χ0) is 16.1. The van der Waals surface area contributed by atoms with E-state index in [2.05, 4.69) is 28.2 Å². The van der Waals surface area contributed by atoms with Gasteiger partial charge in [0.25, 0.3) is 5.91 Å². The molecule has 0 saturated heterocycles. The number of rotatable bonds is 5. The second kappa shape index (κ2) is 7.45. The van der Waals surface area contributed by atoms with Crippen LogP contribution < -0.4 is 10.1 Å². The molecular weight excluding hydrogens is 342 g/mol. The van der Waals surface area contributed by atoms with Crippen molar-refractivity contribution in [3.8, 4) is 5.75 Å². The molecule has 4 heteroatoms. The summed E-state index contributed by atoms with van der Waals surface area (Å²) in [6.07, 6.45) is 0.984. The van der Waals surface area contributed by atoms with E-state index in [0.29, 0.717) is 5.75 Å². The fourth-order valence-electron chi connectivity index (χ4n) is 2.24. The van der Waals surface area contributed by atoms with E-state index in [0.717, 1.165) is 27.7 Å². The lowest BCUT2D eigenvalue weighted by molar-refractivity contribution is -0.118. The molecule has 22 heavy (non-hydrogen) atoms. The summed E-state index contributed by atoms with van der Waals surface area (Å²) in [6, 6.07) is 11.8. The van der Waals surface area contributed by atoms with Crippen LogP contribution in [0.2, 0.25) is 0 Å². The minimum absolute atomic E-state index is 0.0158. The molecule has 0 aromatic heterocycles. The van der Waals surface area contributed by atoms with Crippen LogP contribution in [0.4, 0.5) is 5.69 Å². The summed E-state index contributed by atoms with van der Waals surface area (Å²) in [5.74, 6) is 0.540. The summed E-state index contributed by atoms with van der Waals surface area (Å²) >= 11 is 3.47. The van der Waals surface area contributed by atoms with Crippen LogP contribution in [-0.4, -0.2) is 12.5 Å². The van der Waals surface area contributed by atoms with Crippen molar-refractivity contribution in [2.24, 2.45) is 0 Å². The number of aryl methyl sites for hydroxylation is 3. The number of hydrogen-bond acceptors (Lipinski definition) is 2. The molecule has 116 valence electrons. The van der Waals surface area contributed by atoms with Crippen molar-refractivity contribution in [2.75, 3.05) is 11.9 Å². The van der Waals surface area contributed by atoms with Crippen LogP contribution in [0.1, 0.15) is 23.6 Å². The molecule has 0 fully saturated rings. The van der Waals surface area contributed by atoms with Crippen LogP contribution in [0.15, 0.2) is 40.9 Å². The maximum atomic E-state index is 12.0. The van der Waals surface area contributed by atoms with E-state index in [1.165, 1.54) is 5.56 Å². The third kappa shape index (κ3) is 4.34. The molecule has 0 atom stereocenters. The third-order valence-electron chi connectivity index (χ3n) is 3.37. The van der Waals surface area contributed by atoms with E-state index in [1.54, 1.807) is 0 Å². The molecule has 0 saturated carbocycles. The van der Waals surface area contributed by atoms with Crippen LogP contribution >= 0.6 is 15.9 Å². The average molecular weight is 362 g/mol. The smallest absolute Gasteiger partial charge is 0.262 e. The number of anilines is 1. The highest BCUT2D eigenvalue weighted by Gasteiger charge is 2.09. The minimum Gasteiger partial charge on any atom is -0.482 e. The topological polar surface area (TPSA) is 38.3 Å². The normalized spacial score (nSPS) is 10.4. The molecule has 0 bridgehead atoms. The standard InChI is InChI=1S/C18H20BrNO2/c1-4-14-5-7-15(8-6-14)20-17(21)11-22-18-13(3)9-12(2)10-16(18)19/h5-10H,4,11H2,1-3H3,(H,20,21). The monoisotopic (exact) mass is 361 g/mol. The molecule has 1 N–H and O–H groups in total. The Morgan fingerprint density at radius 2 is 1.86 bits per heavy atom. The maximum absolute atomic E-state index is 12.0. The van der Waals surface area contributed by atoms with E-state index in [9.17, 15) is 4.79 Å². The van der Waals surface area contributed by atoms with Gasteiger partial charge in [0.1, 0.15) is 5.75 Å². The Hall–Kier alpha value is -1.81. The summed E-state index contributed by atoms with van der Waals surface area (Å²) in [7, 11) is 0. The summed E-state index contributed by atoms with van der Waals surface area (Å²) in [5, 5.41) is 2.83. The van der Waals surface area contributed by atoms with Crippen molar-refractivity contribution < 1.29 is 9.53 Å². The van der Waals surface area contributed by atoms with Crippen LogP contribution in [-0.2, 0) is 11.2 Å². The Morgan fingerprint density at radius 1 is 1.18 bits per heavy atom. The molecule has 0 aliphatic heterocycles. The van der Waals surface area contributed by atoms with Crippen molar-refractivity contribution in [1.29, 1.82) is 0 Å². The van der Waals surface area contributed by atoms with Gasteiger partial charge >= 0.3 is 0 Å². The number of benzene rings is 2. The molecular formula is C18H20BrNO2. The van der Waals surface area contributed by atoms with Gasteiger partial charge in [-0.05, 0) is 71.1 Å². The number of amides is 1. The summed E-state index contributed by atoms with van der Waals surface area (Å²) < 4.78 is 6.51. The first-order valence-electron chi connectivity index (χ1n) is 7.28. The molecule has 0 heterocycles. The van der Waals surface area contributed by atoms with E-state index >= 15 is 0 Å². The van der Waals surface area contributed by atoms with Crippen molar-refractivity contribution >= 4 is 27.5 Å². The number of halogens is 1. The van der Waals surface area contributed by atoms with Gasteiger partial charge in [0.2, 0.25) is 0 Å². The lowest BCUT2D eigenvalue weighted by atomic mass is 10.1. The largest absolute Gasteiger partial charge is 0.482 e. The highest BCUT2D eigenvalue weighted by molar-refractivity contribution is 9.10. The van der Waals surface area contributed by atoms with Gasteiger partial charge in [0, 0.05) is 5.69 Å². The van der Waals surface area contributed by atoms with Crippen molar-refractivity contribution in [2.45, 2.75) is 27.2 Å². The SMILES string of the molecule is CCc1ccc(NC(=O)COc2c(C)cc(C)cc2Br)cc1. The van der Waals surface area contributed by atoms with Crippen molar-refractivity contribution in [3.63, 3.8) is 0 Å². The predicted molar refractivity (Wildman–Crippen MR) is 93.6 cm³/mol.